The number of aliphatic hydroxyl groups excluding tert-OH is 1. The lowest BCUT2D eigenvalue weighted by molar-refractivity contribution is -0.109. The Morgan fingerprint density at radius 2 is 2.00 bits per heavy atom. The zero-order valence-corrected chi connectivity index (χ0v) is 20.3. The Bertz CT molecular complexity index is 1220. The van der Waals surface area contributed by atoms with Crippen molar-refractivity contribution in [1.82, 2.24) is 9.88 Å². The predicted octanol–water partition coefficient (Wildman–Crippen LogP) is 5.39. The van der Waals surface area contributed by atoms with Gasteiger partial charge in [0, 0.05) is 47.7 Å². The summed E-state index contributed by atoms with van der Waals surface area (Å²) < 4.78 is 2.00. The molecule has 3 rings (SSSR count). The van der Waals surface area contributed by atoms with E-state index in [2.05, 4.69) is 17.0 Å². The smallest absolute Gasteiger partial charge is 0.207 e. The Balaban J connectivity index is 2.17. The van der Waals surface area contributed by atoms with Crippen molar-refractivity contribution in [2.45, 2.75) is 19.4 Å². The number of rotatable bonds is 11. The molecule has 1 aromatic heterocycles. The largest absolute Gasteiger partial charge is 0.395 e. The highest BCUT2D eigenvalue weighted by Crippen LogP contribution is 2.31. The fourth-order valence-corrected chi connectivity index (χ4v) is 4.10. The van der Waals surface area contributed by atoms with Crippen LogP contribution in [0.15, 0.2) is 82.6 Å². The van der Waals surface area contributed by atoms with Crippen LogP contribution in [0.1, 0.15) is 29.7 Å². The van der Waals surface area contributed by atoms with Gasteiger partial charge in [0.25, 0.3) is 0 Å². The van der Waals surface area contributed by atoms with E-state index in [0.717, 1.165) is 22.4 Å². The molecule has 3 aromatic rings. The number of nitrogens with one attached hydrogen (secondary N) is 1. The van der Waals surface area contributed by atoms with Gasteiger partial charge in [0.15, 0.2) is 0 Å². The zero-order chi connectivity index (χ0) is 24.5. The van der Waals surface area contributed by atoms with Crippen LogP contribution in [0, 0.1) is 0 Å². The van der Waals surface area contributed by atoms with Gasteiger partial charge < -0.3 is 15.0 Å². The Hall–Kier alpha value is -3.19. The summed E-state index contributed by atoms with van der Waals surface area (Å²) in [6, 6.07) is 16.7. The second-order valence-corrected chi connectivity index (χ2v) is 8.46. The van der Waals surface area contributed by atoms with Crippen LogP contribution in [0.3, 0.4) is 0 Å². The Kier molecular flexibility index (Phi) is 9.22. The molecule has 0 fully saturated rings. The van der Waals surface area contributed by atoms with Crippen molar-refractivity contribution in [3.8, 4) is 0 Å². The lowest BCUT2D eigenvalue weighted by Crippen LogP contribution is -2.20. The van der Waals surface area contributed by atoms with Crippen molar-refractivity contribution < 1.29 is 9.90 Å². The van der Waals surface area contributed by atoms with E-state index in [-0.39, 0.29) is 12.5 Å². The van der Waals surface area contributed by atoms with Gasteiger partial charge in [0.05, 0.1) is 23.0 Å². The summed E-state index contributed by atoms with van der Waals surface area (Å²) in [5.41, 5.74) is 4.66. The van der Waals surface area contributed by atoms with Gasteiger partial charge in [0.1, 0.15) is 0 Å². The van der Waals surface area contributed by atoms with Gasteiger partial charge >= 0.3 is 0 Å². The van der Waals surface area contributed by atoms with Crippen LogP contribution >= 0.6 is 23.2 Å². The molecule has 1 unspecified atom stereocenters. The van der Waals surface area contributed by atoms with Gasteiger partial charge in [-0.25, -0.2) is 4.99 Å². The van der Waals surface area contributed by atoms with Crippen LogP contribution < -0.4 is 5.32 Å². The number of hydrogen-bond donors (Lipinski definition) is 2. The second kappa shape index (κ2) is 12.3. The molecule has 2 N–H and O–H groups in total. The summed E-state index contributed by atoms with van der Waals surface area (Å²) >= 11 is 12.6. The number of allylic oxidation sites excluding steroid dienone is 1. The molecule has 0 aliphatic rings. The molecule has 0 aliphatic carbocycles. The molecule has 1 atom stereocenters. The number of aliphatic hydroxyl groups is 1. The molecule has 0 saturated heterocycles. The van der Waals surface area contributed by atoms with Gasteiger partial charge in [-0.05, 0) is 55.1 Å². The van der Waals surface area contributed by atoms with Crippen molar-refractivity contribution in [3.63, 3.8) is 0 Å². The average Bonchev–Trinajstić information content (AvgIpc) is 3.22. The molecular weight excluding hydrogens is 471 g/mol. The second-order valence-electron chi connectivity index (χ2n) is 7.62. The molecule has 0 aliphatic heterocycles. The van der Waals surface area contributed by atoms with E-state index in [1.54, 1.807) is 18.3 Å². The van der Waals surface area contributed by atoms with E-state index in [1.807, 2.05) is 60.2 Å². The number of amides is 1. The molecule has 1 amide bonds. The maximum Gasteiger partial charge on any atom is 0.207 e. The van der Waals surface area contributed by atoms with E-state index in [0.29, 0.717) is 40.9 Å². The van der Waals surface area contributed by atoms with E-state index < -0.39 is 0 Å². The minimum absolute atomic E-state index is 0.120. The molecule has 176 valence electrons. The third-order valence-corrected chi connectivity index (χ3v) is 5.87. The van der Waals surface area contributed by atoms with Crippen LogP contribution in [0.2, 0.25) is 10.0 Å². The van der Waals surface area contributed by atoms with Crippen molar-refractivity contribution in [3.05, 3.63) is 99.4 Å². The minimum atomic E-state index is -0.327. The summed E-state index contributed by atoms with van der Waals surface area (Å²) in [5.74, 6) is -0.327. The molecule has 8 heteroatoms. The van der Waals surface area contributed by atoms with Crippen molar-refractivity contribution >= 4 is 47.7 Å². The molecular formula is C26H26Cl2N4O2. The van der Waals surface area contributed by atoms with Gasteiger partial charge in [0.2, 0.25) is 6.41 Å². The summed E-state index contributed by atoms with van der Waals surface area (Å²) in [6.07, 6.45) is 4.25. The van der Waals surface area contributed by atoms with Gasteiger partial charge in [-0.1, -0.05) is 47.5 Å². The number of aromatic nitrogens is 1. The lowest BCUT2D eigenvalue weighted by atomic mass is 9.95. The first-order chi connectivity index (χ1) is 16.5. The van der Waals surface area contributed by atoms with E-state index in [1.165, 1.54) is 0 Å². The third-order valence-electron chi connectivity index (χ3n) is 5.32. The first-order valence-corrected chi connectivity index (χ1v) is 11.4. The van der Waals surface area contributed by atoms with Crippen LogP contribution in [0.25, 0.3) is 0 Å². The number of benzene rings is 2. The van der Waals surface area contributed by atoms with Crippen LogP contribution in [0.4, 0.5) is 5.69 Å². The number of para-hydroxylation sites is 1. The number of carbonyl (C=O) groups is 1. The van der Waals surface area contributed by atoms with Crippen molar-refractivity contribution in [2.24, 2.45) is 9.98 Å². The number of aliphatic imine (C=N–C) groups is 2. The number of carbonyl (C=O) groups excluding carboxylic acids is 1. The average molecular weight is 497 g/mol. The van der Waals surface area contributed by atoms with E-state index in [9.17, 15) is 9.90 Å². The van der Waals surface area contributed by atoms with Gasteiger partial charge in [-0.2, -0.15) is 0 Å². The maximum atomic E-state index is 10.8. The quantitative estimate of drug-likeness (QED) is 0.212. The number of halogens is 2. The standard InChI is InChI=1S/C26H26Cl2N4O2/c1-18(14-29-2)26(31-24-9-4-3-8-23(24)28)20-13-25(32(15-20)11-10-30-17-34)22(16-33)19-6-5-7-21(27)12-19/h3-9,12-15,17,22,33H,2,10-11,16H2,1H3,(H,30,34)/b18-14-,31-26?. The van der Waals surface area contributed by atoms with Crippen LogP contribution in [0.5, 0.6) is 0 Å². The normalized spacial score (nSPS) is 12.9. The molecule has 0 saturated carbocycles. The SMILES string of the molecule is C=N/C=C(/C)C(=Nc1ccccc1Cl)c1cc(C(CO)c2cccc(Cl)c2)n(CCNC=O)c1. The summed E-state index contributed by atoms with van der Waals surface area (Å²) in [4.78, 5) is 19.5. The van der Waals surface area contributed by atoms with E-state index >= 15 is 0 Å². The third kappa shape index (κ3) is 6.23. The highest BCUT2D eigenvalue weighted by Gasteiger charge is 2.21. The molecule has 34 heavy (non-hydrogen) atoms. The van der Waals surface area contributed by atoms with Crippen molar-refractivity contribution in [1.29, 1.82) is 0 Å². The summed E-state index contributed by atoms with van der Waals surface area (Å²) in [6.45, 7) is 6.28. The first-order valence-electron chi connectivity index (χ1n) is 10.7. The minimum Gasteiger partial charge on any atom is -0.395 e. The summed E-state index contributed by atoms with van der Waals surface area (Å²) in [5, 5.41) is 14.1. The zero-order valence-electron chi connectivity index (χ0n) is 18.8. The first kappa shape index (κ1) is 25.4. The molecule has 1 heterocycles. The lowest BCUT2D eigenvalue weighted by Gasteiger charge is -2.18. The van der Waals surface area contributed by atoms with Gasteiger partial charge in [-0.3, -0.25) is 9.79 Å². The number of nitrogens with zero attached hydrogens (tertiary/aromatic N) is 3. The highest BCUT2D eigenvalue weighted by atomic mass is 35.5. The topological polar surface area (TPSA) is 79.0 Å². The van der Waals surface area contributed by atoms with Crippen molar-refractivity contribution in [2.75, 3.05) is 13.2 Å². The fraction of sp³-hybridized carbons (Fsp3) is 0.192. The van der Waals surface area contributed by atoms with E-state index in [4.69, 9.17) is 28.2 Å². The molecule has 2 aromatic carbocycles. The highest BCUT2D eigenvalue weighted by molar-refractivity contribution is 6.33. The maximum absolute atomic E-state index is 10.8. The monoisotopic (exact) mass is 496 g/mol. The molecule has 0 spiro atoms. The van der Waals surface area contributed by atoms with Crippen LogP contribution in [-0.2, 0) is 11.3 Å². The summed E-state index contributed by atoms with van der Waals surface area (Å²) in [7, 11) is 0. The Labute approximate surface area is 209 Å². The fourth-order valence-electron chi connectivity index (χ4n) is 3.72. The predicted molar refractivity (Wildman–Crippen MR) is 140 cm³/mol. The van der Waals surface area contributed by atoms with Gasteiger partial charge in [-0.15, -0.1) is 0 Å². The molecule has 0 radical (unpaired) electrons. The number of hydrogen-bond acceptors (Lipinski definition) is 4. The van der Waals surface area contributed by atoms with Crippen LogP contribution in [-0.4, -0.2) is 41.7 Å². The molecule has 6 nitrogen and oxygen atoms in total. The Morgan fingerprint density at radius 3 is 2.68 bits per heavy atom. The molecule has 0 bridgehead atoms. The Morgan fingerprint density at radius 1 is 1.21 bits per heavy atom.